The zero-order valence-corrected chi connectivity index (χ0v) is 9.77. The van der Waals surface area contributed by atoms with Gasteiger partial charge in [0.15, 0.2) is 0 Å². The Morgan fingerprint density at radius 2 is 2.12 bits per heavy atom. The molecule has 1 aliphatic carbocycles. The summed E-state index contributed by atoms with van der Waals surface area (Å²) in [6, 6.07) is 5.69. The number of nitrogens with zero attached hydrogens (tertiary/aromatic N) is 1. The number of carboxylic acid groups (broad SMARTS) is 1. The van der Waals surface area contributed by atoms with Gasteiger partial charge in [-0.15, -0.1) is 0 Å². The van der Waals surface area contributed by atoms with Crippen molar-refractivity contribution in [3.8, 4) is 0 Å². The third-order valence-corrected chi connectivity index (χ3v) is 3.10. The number of benzene rings is 1. The maximum atomic E-state index is 12.1. The molecule has 4 heteroatoms. The molecule has 0 spiro atoms. The highest BCUT2D eigenvalue weighted by Gasteiger charge is 2.21. The molecule has 2 rings (SSSR count). The summed E-state index contributed by atoms with van der Waals surface area (Å²) < 4.78 is 0. The Hall–Kier alpha value is -1.84. The molecule has 0 unspecified atom stereocenters. The number of likely N-dealkylation sites (N-methyl/N-ethyl adjacent to an activating group) is 1. The van der Waals surface area contributed by atoms with Gasteiger partial charge in [0.1, 0.15) is 6.54 Å². The van der Waals surface area contributed by atoms with Crippen molar-refractivity contribution in [1.29, 1.82) is 0 Å². The first-order chi connectivity index (χ1) is 8.09. The second-order valence-electron chi connectivity index (χ2n) is 4.35. The molecule has 1 aromatic rings. The topological polar surface area (TPSA) is 57.6 Å². The van der Waals surface area contributed by atoms with Crippen molar-refractivity contribution in [2.45, 2.75) is 19.3 Å². The molecule has 0 aliphatic heterocycles. The van der Waals surface area contributed by atoms with E-state index in [4.69, 9.17) is 5.11 Å². The Bertz CT molecular complexity index is 468. The standard InChI is InChI=1S/C13H15NO3/c1-14(8-12(15)16)13(17)11-7-3-5-9-4-2-6-10(9)11/h3,5,7H,2,4,6,8H2,1H3,(H,15,16). The summed E-state index contributed by atoms with van der Waals surface area (Å²) in [4.78, 5) is 23.9. The van der Waals surface area contributed by atoms with E-state index in [0.717, 1.165) is 24.8 Å². The fourth-order valence-corrected chi connectivity index (χ4v) is 2.30. The fourth-order valence-electron chi connectivity index (χ4n) is 2.30. The molecule has 0 radical (unpaired) electrons. The van der Waals surface area contributed by atoms with Gasteiger partial charge in [-0.3, -0.25) is 9.59 Å². The maximum Gasteiger partial charge on any atom is 0.323 e. The van der Waals surface area contributed by atoms with Crippen LogP contribution in [0.25, 0.3) is 0 Å². The molecule has 4 nitrogen and oxygen atoms in total. The average Bonchev–Trinajstić information content (AvgIpc) is 2.74. The summed E-state index contributed by atoms with van der Waals surface area (Å²) in [5.74, 6) is -1.19. The van der Waals surface area contributed by atoms with Gasteiger partial charge in [-0.25, -0.2) is 0 Å². The van der Waals surface area contributed by atoms with E-state index < -0.39 is 5.97 Å². The van der Waals surface area contributed by atoms with Crippen molar-refractivity contribution >= 4 is 11.9 Å². The van der Waals surface area contributed by atoms with E-state index >= 15 is 0 Å². The Morgan fingerprint density at radius 1 is 1.35 bits per heavy atom. The fraction of sp³-hybridized carbons (Fsp3) is 0.385. The largest absolute Gasteiger partial charge is 0.480 e. The predicted molar refractivity (Wildman–Crippen MR) is 63.1 cm³/mol. The number of rotatable bonds is 3. The number of amides is 1. The highest BCUT2D eigenvalue weighted by atomic mass is 16.4. The van der Waals surface area contributed by atoms with Crippen LogP contribution in [0.1, 0.15) is 27.9 Å². The summed E-state index contributed by atoms with van der Waals surface area (Å²) in [6.07, 6.45) is 3.00. The molecule has 0 bridgehead atoms. The van der Waals surface area contributed by atoms with E-state index in [9.17, 15) is 9.59 Å². The third kappa shape index (κ3) is 2.30. The number of carboxylic acids is 1. The first-order valence-electron chi connectivity index (χ1n) is 5.67. The van der Waals surface area contributed by atoms with E-state index in [1.807, 2.05) is 12.1 Å². The minimum atomic E-state index is -0.992. The lowest BCUT2D eigenvalue weighted by molar-refractivity contribution is -0.137. The Kier molecular flexibility index (Phi) is 3.13. The van der Waals surface area contributed by atoms with E-state index in [1.54, 1.807) is 6.07 Å². The Balaban J connectivity index is 2.26. The number of aryl methyl sites for hydroxylation is 1. The molecule has 1 aromatic carbocycles. The van der Waals surface area contributed by atoms with E-state index in [1.165, 1.54) is 17.5 Å². The molecule has 17 heavy (non-hydrogen) atoms. The monoisotopic (exact) mass is 233 g/mol. The normalized spacial score (nSPS) is 13.2. The first kappa shape index (κ1) is 11.6. The smallest absolute Gasteiger partial charge is 0.323 e. The lowest BCUT2D eigenvalue weighted by Gasteiger charge is -2.16. The molecule has 0 saturated heterocycles. The second kappa shape index (κ2) is 4.57. The predicted octanol–water partition coefficient (Wildman–Crippen LogP) is 1.33. The lowest BCUT2D eigenvalue weighted by Crippen LogP contribution is -2.32. The zero-order chi connectivity index (χ0) is 12.4. The van der Waals surface area contributed by atoms with E-state index in [2.05, 4.69) is 0 Å². The molecule has 1 aliphatic rings. The number of carbonyl (C=O) groups is 2. The van der Waals surface area contributed by atoms with Gasteiger partial charge >= 0.3 is 5.97 Å². The zero-order valence-electron chi connectivity index (χ0n) is 9.77. The summed E-state index contributed by atoms with van der Waals surface area (Å²) in [7, 11) is 1.52. The SMILES string of the molecule is CN(CC(=O)O)C(=O)c1cccc2c1CCC2. The molecule has 0 atom stereocenters. The summed E-state index contributed by atoms with van der Waals surface area (Å²) in [5, 5.41) is 8.68. The van der Waals surface area contributed by atoms with Crippen LogP contribution < -0.4 is 0 Å². The average molecular weight is 233 g/mol. The lowest BCUT2D eigenvalue weighted by atomic mass is 10.0. The number of fused-ring (bicyclic) bond motifs is 1. The van der Waals surface area contributed by atoms with Gasteiger partial charge in [-0.1, -0.05) is 12.1 Å². The maximum absolute atomic E-state index is 12.1. The van der Waals surface area contributed by atoms with Gasteiger partial charge in [0, 0.05) is 12.6 Å². The Labute approximate surface area is 99.9 Å². The minimum Gasteiger partial charge on any atom is -0.480 e. The van der Waals surface area contributed by atoms with Crippen molar-refractivity contribution in [3.05, 3.63) is 34.9 Å². The number of hydrogen-bond donors (Lipinski definition) is 1. The number of carbonyl (C=O) groups excluding carboxylic acids is 1. The summed E-state index contributed by atoms with van der Waals surface area (Å²) in [6.45, 7) is -0.261. The minimum absolute atomic E-state index is 0.203. The van der Waals surface area contributed by atoms with Crippen LogP contribution in [0.4, 0.5) is 0 Å². The van der Waals surface area contributed by atoms with Gasteiger partial charge in [0.2, 0.25) is 0 Å². The molecule has 0 heterocycles. The van der Waals surface area contributed by atoms with Crippen LogP contribution in [-0.2, 0) is 17.6 Å². The third-order valence-electron chi connectivity index (χ3n) is 3.10. The molecule has 0 fully saturated rings. The van der Waals surface area contributed by atoms with Gasteiger partial charge in [-0.05, 0) is 36.5 Å². The van der Waals surface area contributed by atoms with Crippen molar-refractivity contribution in [1.82, 2.24) is 4.90 Å². The molecule has 0 saturated carbocycles. The van der Waals surface area contributed by atoms with Crippen LogP contribution >= 0.6 is 0 Å². The summed E-state index contributed by atoms with van der Waals surface area (Å²) in [5.41, 5.74) is 2.97. The second-order valence-corrected chi connectivity index (χ2v) is 4.35. The quantitative estimate of drug-likeness (QED) is 0.856. The van der Waals surface area contributed by atoms with Crippen molar-refractivity contribution in [2.24, 2.45) is 0 Å². The molecule has 1 N–H and O–H groups in total. The number of hydrogen-bond acceptors (Lipinski definition) is 2. The molecule has 0 aromatic heterocycles. The summed E-state index contributed by atoms with van der Waals surface area (Å²) >= 11 is 0. The van der Waals surface area contributed by atoms with E-state index in [0.29, 0.717) is 5.56 Å². The highest BCUT2D eigenvalue weighted by molar-refractivity contribution is 5.97. The van der Waals surface area contributed by atoms with Crippen molar-refractivity contribution < 1.29 is 14.7 Å². The van der Waals surface area contributed by atoms with Gasteiger partial charge in [-0.2, -0.15) is 0 Å². The van der Waals surface area contributed by atoms with Gasteiger partial charge < -0.3 is 10.0 Å². The molecule has 1 amide bonds. The van der Waals surface area contributed by atoms with Crippen molar-refractivity contribution in [3.63, 3.8) is 0 Å². The van der Waals surface area contributed by atoms with Gasteiger partial charge in [0.25, 0.3) is 5.91 Å². The molecule has 90 valence electrons. The van der Waals surface area contributed by atoms with Crippen LogP contribution in [0.3, 0.4) is 0 Å². The number of aliphatic carboxylic acids is 1. The van der Waals surface area contributed by atoms with Crippen LogP contribution in [0.15, 0.2) is 18.2 Å². The van der Waals surface area contributed by atoms with E-state index in [-0.39, 0.29) is 12.5 Å². The Morgan fingerprint density at radius 3 is 2.82 bits per heavy atom. The highest BCUT2D eigenvalue weighted by Crippen LogP contribution is 2.25. The van der Waals surface area contributed by atoms with Crippen molar-refractivity contribution in [2.75, 3.05) is 13.6 Å². The molecular weight excluding hydrogens is 218 g/mol. The molecular formula is C13H15NO3. The van der Waals surface area contributed by atoms with Crippen LogP contribution in [-0.4, -0.2) is 35.5 Å². The van der Waals surface area contributed by atoms with Crippen LogP contribution in [0, 0.1) is 0 Å². The van der Waals surface area contributed by atoms with Crippen LogP contribution in [0.5, 0.6) is 0 Å². The van der Waals surface area contributed by atoms with Gasteiger partial charge in [0.05, 0.1) is 0 Å². The first-order valence-corrected chi connectivity index (χ1v) is 5.67. The van der Waals surface area contributed by atoms with Crippen LogP contribution in [0.2, 0.25) is 0 Å².